The van der Waals surface area contributed by atoms with E-state index in [4.69, 9.17) is 9.15 Å². The Morgan fingerprint density at radius 2 is 2.17 bits per heavy atom. The number of furan rings is 1. The summed E-state index contributed by atoms with van der Waals surface area (Å²) in [5, 5.41) is 11.9. The van der Waals surface area contributed by atoms with Gasteiger partial charge in [-0.15, -0.1) is 0 Å². The van der Waals surface area contributed by atoms with E-state index in [1.54, 1.807) is 41.3 Å². The molecule has 0 saturated heterocycles. The zero-order valence-electron chi connectivity index (χ0n) is 13.9. The van der Waals surface area contributed by atoms with Crippen molar-refractivity contribution in [2.24, 2.45) is 0 Å². The van der Waals surface area contributed by atoms with Crippen LogP contribution in [-0.2, 0) is 4.79 Å². The van der Waals surface area contributed by atoms with E-state index >= 15 is 0 Å². The van der Waals surface area contributed by atoms with Crippen LogP contribution in [0.2, 0.25) is 0 Å². The van der Waals surface area contributed by atoms with Crippen molar-refractivity contribution in [1.82, 2.24) is 0 Å². The van der Waals surface area contributed by atoms with Crippen LogP contribution < -0.4 is 15.0 Å². The summed E-state index contributed by atoms with van der Waals surface area (Å²) in [6, 6.07) is 12.4. The van der Waals surface area contributed by atoms with Crippen LogP contribution in [0, 0.1) is 11.3 Å². The summed E-state index contributed by atoms with van der Waals surface area (Å²) in [6.45, 7) is 2.42. The first-order valence-electron chi connectivity index (χ1n) is 7.46. The minimum absolute atomic E-state index is 0.0449. The number of nitrogens with zero attached hydrogens (tertiary/aromatic N) is 2. The third-order valence-corrected chi connectivity index (χ3v) is 3.11. The maximum Gasteiger partial charge on any atom is 0.266 e. The van der Waals surface area contributed by atoms with Gasteiger partial charge in [0, 0.05) is 38.0 Å². The molecule has 24 heavy (non-hydrogen) atoms. The molecule has 0 radical (unpaired) electrons. The van der Waals surface area contributed by atoms with Gasteiger partial charge in [0.25, 0.3) is 5.91 Å². The van der Waals surface area contributed by atoms with Gasteiger partial charge in [-0.25, -0.2) is 0 Å². The molecular formula is C18H19N3O3. The number of rotatable bonds is 6. The molecule has 1 N–H and O–H groups in total. The molecule has 0 atom stereocenters. The lowest BCUT2D eigenvalue weighted by Gasteiger charge is -2.07. The second kappa shape index (κ2) is 7.88. The number of nitrogens with one attached hydrogen (secondary N) is 1. The topological polar surface area (TPSA) is 78.5 Å². The van der Waals surface area contributed by atoms with Crippen LogP contribution in [0.25, 0.3) is 6.08 Å². The Hall–Kier alpha value is -3.20. The van der Waals surface area contributed by atoms with Crippen LogP contribution >= 0.6 is 0 Å². The van der Waals surface area contributed by atoms with Crippen LogP contribution in [0.3, 0.4) is 0 Å². The van der Waals surface area contributed by atoms with Crippen molar-refractivity contribution in [3.8, 4) is 11.8 Å². The van der Waals surface area contributed by atoms with E-state index in [-0.39, 0.29) is 5.57 Å². The largest absolute Gasteiger partial charge is 0.494 e. The Morgan fingerprint density at radius 1 is 1.38 bits per heavy atom. The highest BCUT2D eigenvalue weighted by molar-refractivity contribution is 6.09. The van der Waals surface area contributed by atoms with Crippen molar-refractivity contribution >= 4 is 23.6 Å². The Morgan fingerprint density at radius 3 is 2.79 bits per heavy atom. The highest BCUT2D eigenvalue weighted by Gasteiger charge is 2.12. The molecule has 6 nitrogen and oxygen atoms in total. The van der Waals surface area contributed by atoms with Crippen molar-refractivity contribution in [2.45, 2.75) is 6.92 Å². The van der Waals surface area contributed by atoms with Crippen LogP contribution in [0.4, 0.5) is 11.6 Å². The first-order valence-corrected chi connectivity index (χ1v) is 7.46. The molecule has 0 aliphatic heterocycles. The molecule has 2 rings (SSSR count). The smallest absolute Gasteiger partial charge is 0.266 e. The predicted molar refractivity (Wildman–Crippen MR) is 92.9 cm³/mol. The summed E-state index contributed by atoms with van der Waals surface area (Å²) in [7, 11) is 3.69. The highest BCUT2D eigenvalue weighted by atomic mass is 16.5. The second-order valence-electron chi connectivity index (χ2n) is 5.16. The molecule has 2 aromatic rings. The van der Waals surface area contributed by atoms with Gasteiger partial charge in [0.15, 0.2) is 5.88 Å². The summed E-state index contributed by atoms with van der Waals surface area (Å²) in [6.07, 6.45) is 1.41. The van der Waals surface area contributed by atoms with Gasteiger partial charge < -0.3 is 19.4 Å². The van der Waals surface area contributed by atoms with E-state index in [1.807, 2.05) is 27.1 Å². The monoisotopic (exact) mass is 325 g/mol. The predicted octanol–water partition coefficient (Wildman–Crippen LogP) is 3.29. The molecule has 1 heterocycles. The van der Waals surface area contributed by atoms with Gasteiger partial charge in [0.1, 0.15) is 23.2 Å². The number of anilines is 2. The second-order valence-corrected chi connectivity index (χ2v) is 5.16. The molecular weight excluding hydrogens is 306 g/mol. The average Bonchev–Trinajstić information content (AvgIpc) is 3.02. The van der Waals surface area contributed by atoms with Crippen molar-refractivity contribution < 1.29 is 13.9 Å². The highest BCUT2D eigenvalue weighted by Crippen LogP contribution is 2.20. The third-order valence-electron chi connectivity index (χ3n) is 3.11. The molecule has 0 fully saturated rings. The molecule has 0 aliphatic rings. The van der Waals surface area contributed by atoms with Crippen molar-refractivity contribution in [3.05, 3.63) is 47.7 Å². The Bertz CT molecular complexity index is 785. The number of hydrogen-bond donors (Lipinski definition) is 1. The molecule has 124 valence electrons. The number of benzene rings is 1. The Kier molecular flexibility index (Phi) is 5.63. The summed E-state index contributed by atoms with van der Waals surface area (Å²) in [5.41, 5.74) is 0.511. The quantitative estimate of drug-likeness (QED) is 0.651. The Labute approximate surface area is 140 Å². The van der Waals surface area contributed by atoms with Crippen molar-refractivity contribution in [1.29, 1.82) is 5.26 Å². The first kappa shape index (κ1) is 17.2. The van der Waals surface area contributed by atoms with E-state index in [1.165, 1.54) is 6.08 Å². The van der Waals surface area contributed by atoms with Gasteiger partial charge in [0.2, 0.25) is 0 Å². The number of ether oxygens (including phenoxy) is 1. The van der Waals surface area contributed by atoms with E-state index in [0.29, 0.717) is 29.7 Å². The molecule has 0 saturated carbocycles. The summed E-state index contributed by atoms with van der Waals surface area (Å²) in [5.74, 6) is 1.23. The fourth-order valence-corrected chi connectivity index (χ4v) is 1.98. The summed E-state index contributed by atoms with van der Waals surface area (Å²) in [4.78, 5) is 14.1. The SMILES string of the molecule is CCOc1cccc(NC(=O)/C(C#N)=C/c2ccc(N(C)C)o2)c1. The number of nitriles is 1. The number of carbonyl (C=O) groups is 1. The summed E-state index contributed by atoms with van der Waals surface area (Å²) < 4.78 is 10.9. The van der Waals surface area contributed by atoms with Gasteiger partial charge in [-0.1, -0.05) is 6.07 Å². The average molecular weight is 325 g/mol. The lowest BCUT2D eigenvalue weighted by Crippen LogP contribution is -2.13. The molecule has 1 aromatic heterocycles. The van der Waals surface area contributed by atoms with E-state index < -0.39 is 5.91 Å². The van der Waals surface area contributed by atoms with Crippen LogP contribution in [-0.4, -0.2) is 26.6 Å². The fourth-order valence-electron chi connectivity index (χ4n) is 1.98. The molecule has 0 spiro atoms. The van der Waals surface area contributed by atoms with Crippen molar-refractivity contribution in [3.63, 3.8) is 0 Å². The summed E-state index contributed by atoms with van der Waals surface area (Å²) >= 11 is 0. The van der Waals surface area contributed by atoms with Gasteiger partial charge in [0.05, 0.1) is 6.61 Å². The first-order chi connectivity index (χ1) is 11.5. The maximum absolute atomic E-state index is 12.3. The van der Waals surface area contributed by atoms with Gasteiger partial charge in [-0.3, -0.25) is 4.79 Å². The molecule has 0 aliphatic carbocycles. The minimum atomic E-state index is -0.506. The lowest BCUT2D eigenvalue weighted by molar-refractivity contribution is -0.112. The zero-order valence-corrected chi connectivity index (χ0v) is 13.9. The third kappa shape index (κ3) is 4.40. The van der Waals surface area contributed by atoms with Gasteiger partial charge in [-0.05, 0) is 25.1 Å². The normalized spacial score (nSPS) is 10.8. The van der Waals surface area contributed by atoms with Crippen LogP contribution in [0.15, 0.2) is 46.4 Å². The standard InChI is InChI=1S/C18H19N3O3/c1-4-23-15-7-5-6-14(11-15)20-18(22)13(12-19)10-16-8-9-17(24-16)21(2)3/h5-11H,4H2,1-3H3,(H,20,22)/b13-10+. The van der Waals surface area contributed by atoms with Crippen LogP contribution in [0.5, 0.6) is 5.75 Å². The number of carbonyl (C=O) groups excluding carboxylic acids is 1. The molecule has 1 amide bonds. The van der Waals surface area contributed by atoms with Crippen LogP contribution in [0.1, 0.15) is 12.7 Å². The van der Waals surface area contributed by atoms with Gasteiger partial charge >= 0.3 is 0 Å². The number of hydrogen-bond acceptors (Lipinski definition) is 5. The fraction of sp³-hybridized carbons (Fsp3) is 0.222. The molecule has 0 unspecified atom stereocenters. The molecule has 1 aromatic carbocycles. The van der Waals surface area contributed by atoms with E-state index in [0.717, 1.165) is 0 Å². The minimum Gasteiger partial charge on any atom is -0.494 e. The number of amides is 1. The van der Waals surface area contributed by atoms with Crippen molar-refractivity contribution in [2.75, 3.05) is 30.9 Å². The molecule has 0 bridgehead atoms. The van der Waals surface area contributed by atoms with E-state index in [9.17, 15) is 10.1 Å². The van der Waals surface area contributed by atoms with E-state index in [2.05, 4.69) is 5.32 Å². The maximum atomic E-state index is 12.3. The lowest BCUT2D eigenvalue weighted by atomic mass is 10.2. The molecule has 6 heteroatoms. The Balaban J connectivity index is 2.15. The zero-order chi connectivity index (χ0) is 17.5. The van der Waals surface area contributed by atoms with Gasteiger partial charge in [-0.2, -0.15) is 5.26 Å².